The van der Waals surface area contributed by atoms with Crippen molar-refractivity contribution < 1.29 is 9.37 Å². The van der Waals surface area contributed by atoms with Gasteiger partial charge in [0, 0.05) is 18.2 Å². The lowest BCUT2D eigenvalue weighted by Crippen LogP contribution is -2.18. The summed E-state index contributed by atoms with van der Waals surface area (Å²) in [7, 11) is 3.97. The number of anilines is 2. The largest absolute Gasteiger partial charge is 0.322 e. The predicted octanol–water partition coefficient (Wildman–Crippen LogP) is 3.04. The first kappa shape index (κ1) is 14.8. The van der Waals surface area contributed by atoms with Crippen LogP contribution in [0.3, 0.4) is 0 Å². The van der Waals surface area contributed by atoms with Crippen molar-refractivity contribution in [1.82, 2.24) is 0 Å². The van der Waals surface area contributed by atoms with Gasteiger partial charge in [0.25, 0.3) is 5.91 Å². The van der Waals surface area contributed by atoms with Crippen molar-refractivity contribution in [3.05, 3.63) is 60.2 Å². The molecule has 2 aromatic rings. The summed E-state index contributed by atoms with van der Waals surface area (Å²) in [6.07, 6.45) is 0. The number of nitrogens with zero attached hydrogens (tertiary/aromatic N) is 1. The van der Waals surface area contributed by atoms with Gasteiger partial charge in [-0.25, -0.2) is 5.32 Å². The van der Waals surface area contributed by atoms with Crippen LogP contribution < -0.4 is 10.6 Å². The number of benzene rings is 2. The van der Waals surface area contributed by atoms with Crippen molar-refractivity contribution in [3.8, 4) is 0 Å². The van der Waals surface area contributed by atoms with E-state index in [9.17, 15) is 4.79 Å². The summed E-state index contributed by atoms with van der Waals surface area (Å²) in [5.41, 5.74) is 2.41. The summed E-state index contributed by atoms with van der Waals surface area (Å²) < 4.78 is 2.01. The van der Waals surface area contributed by atoms with Gasteiger partial charge in [-0.15, -0.1) is 0 Å². The number of nitrogens with one attached hydrogen (secondary N) is 2. The SMILES string of the molecule is CC(Nc1ccc(NC(=O)c2ccccc2)cc1)=[N+](C)C. The third-order valence-electron chi connectivity index (χ3n) is 3.17. The van der Waals surface area contributed by atoms with Crippen LogP contribution in [-0.2, 0) is 0 Å². The number of amidine groups is 1. The second-order valence-corrected chi connectivity index (χ2v) is 5.00. The summed E-state index contributed by atoms with van der Waals surface area (Å²) in [4.78, 5) is 12.0. The van der Waals surface area contributed by atoms with Crippen molar-refractivity contribution in [1.29, 1.82) is 0 Å². The molecule has 0 spiro atoms. The van der Waals surface area contributed by atoms with Gasteiger partial charge in [-0.1, -0.05) is 18.2 Å². The van der Waals surface area contributed by atoms with Crippen LogP contribution in [0.2, 0.25) is 0 Å². The Balaban J connectivity index is 2.03. The molecular formula is C17H20N3O+. The third kappa shape index (κ3) is 4.18. The van der Waals surface area contributed by atoms with Gasteiger partial charge in [-0.3, -0.25) is 9.37 Å². The van der Waals surface area contributed by atoms with Crippen LogP contribution in [0.1, 0.15) is 17.3 Å². The van der Waals surface area contributed by atoms with E-state index in [4.69, 9.17) is 0 Å². The highest BCUT2D eigenvalue weighted by molar-refractivity contribution is 6.04. The molecular weight excluding hydrogens is 262 g/mol. The Morgan fingerprint density at radius 1 is 0.857 bits per heavy atom. The predicted molar refractivity (Wildman–Crippen MR) is 87.2 cm³/mol. The number of rotatable bonds is 3. The van der Waals surface area contributed by atoms with E-state index in [0.717, 1.165) is 17.2 Å². The first-order valence-electron chi connectivity index (χ1n) is 6.80. The standard InChI is InChI=1S/C17H19N3O/c1-13(20(2)3)18-15-9-11-16(12-10-15)19-17(21)14-7-5-4-6-8-14/h4-12H,1-3H3,(H,19,21)/p+1. The van der Waals surface area contributed by atoms with E-state index >= 15 is 0 Å². The fourth-order valence-corrected chi connectivity index (χ4v) is 1.75. The highest BCUT2D eigenvalue weighted by Gasteiger charge is 2.06. The lowest BCUT2D eigenvalue weighted by molar-refractivity contribution is -0.464. The smallest absolute Gasteiger partial charge is 0.255 e. The van der Waals surface area contributed by atoms with Crippen LogP contribution in [0.25, 0.3) is 0 Å². The highest BCUT2D eigenvalue weighted by Crippen LogP contribution is 2.14. The van der Waals surface area contributed by atoms with Crippen LogP contribution in [0, 0.1) is 0 Å². The minimum atomic E-state index is -0.104. The fourth-order valence-electron chi connectivity index (χ4n) is 1.75. The summed E-state index contributed by atoms with van der Waals surface area (Å²) in [5, 5.41) is 6.16. The lowest BCUT2D eigenvalue weighted by Gasteiger charge is -2.06. The molecule has 4 heteroatoms. The molecule has 0 aliphatic carbocycles. The molecule has 4 nitrogen and oxygen atoms in total. The maximum absolute atomic E-state index is 12.0. The van der Waals surface area contributed by atoms with Crippen molar-refractivity contribution in [2.45, 2.75) is 6.92 Å². The molecule has 0 fully saturated rings. The minimum Gasteiger partial charge on any atom is -0.322 e. The summed E-state index contributed by atoms with van der Waals surface area (Å²) in [6, 6.07) is 16.8. The number of carbonyl (C=O) groups is 1. The molecule has 0 aromatic heterocycles. The normalized spacial score (nSPS) is 9.86. The van der Waals surface area contributed by atoms with Gasteiger partial charge in [0.15, 0.2) is 0 Å². The Morgan fingerprint density at radius 3 is 1.90 bits per heavy atom. The zero-order valence-electron chi connectivity index (χ0n) is 12.6. The van der Waals surface area contributed by atoms with Gasteiger partial charge in [0.05, 0.1) is 14.1 Å². The maximum atomic E-state index is 12.0. The molecule has 2 rings (SSSR count). The molecule has 0 saturated carbocycles. The number of amides is 1. The van der Waals surface area contributed by atoms with Gasteiger partial charge in [0.1, 0.15) is 5.69 Å². The molecule has 2 aromatic carbocycles. The zero-order chi connectivity index (χ0) is 15.2. The minimum absolute atomic E-state index is 0.104. The molecule has 0 radical (unpaired) electrons. The summed E-state index contributed by atoms with van der Waals surface area (Å²) >= 11 is 0. The van der Waals surface area contributed by atoms with Crippen molar-refractivity contribution in [3.63, 3.8) is 0 Å². The Kier molecular flexibility index (Phi) is 4.72. The van der Waals surface area contributed by atoms with Crippen molar-refractivity contribution >= 4 is 23.1 Å². The van der Waals surface area contributed by atoms with E-state index in [2.05, 4.69) is 10.6 Å². The average Bonchev–Trinajstić information content (AvgIpc) is 2.50. The number of hydrogen-bond donors (Lipinski definition) is 2. The van der Waals surface area contributed by atoms with E-state index in [1.165, 1.54) is 0 Å². The molecule has 0 saturated heterocycles. The Morgan fingerprint density at radius 2 is 1.38 bits per heavy atom. The van der Waals surface area contributed by atoms with E-state index in [1.54, 1.807) is 12.1 Å². The van der Waals surface area contributed by atoms with Gasteiger partial charge < -0.3 is 5.32 Å². The average molecular weight is 282 g/mol. The molecule has 2 N–H and O–H groups in total. The molecule has 0 atom stereocenters. The van der Waals surface area contributed by atoms with Gasteiger partial charge in [-0.05, 0) is 36.4 Å². The Hall–Kier alpha value is -2.62. The van der Waals surface area contributed by atoms with E-state index in [0.29, 0.717) is 5.56 Å². The zero-order valence-corrected chi connectivity index (χ0v) is 12.6. The van der Waals surface area contributed by atoms with Crippen LogP contribution >= 0.6 is 0 Å². The van der Waals surface area contributed by atoms with Crippen molar-refractivity contribution in [2.75, 3.05) is 24.7 Å². The molecule has 0 unspecified atom stereocenters. The molecule has 21 heavy (non-hydrogen) atoms. The van der Waals surface area contributed by atoms with Crippen LogP contribution in [-0.4, -0.2) is 30.4 Å². The first-order valence-corrected chi connectivity index (χ1v) is 6.80. The van der Waals surface area contributed by atoms with E-state index in [-0.39, 0.29) is 5.91 Å². The van der Waals surface area contributed by atoms with E-state index < -0.39 is 0 Å². The summed E-state index contributed by atoms with van der Waals surface area (Å²) in [5.74, 6) is 0.948. The third-order valence-corrected chi connectivity index (χ3v) is 3.17. The molecule has 0 aliphatic rings. The van der Waals surface area contributed by atoms with Gasteiger partial charge in [0.2, 0.25) is 5.84 Å². The Labute approximate surface area is 125 Å². The Bertz CT molecular complexity index is 641. The highest BCUT2D eigenvalue weighted by atomic mass is 16.1. The van der Waals surface area contributed by atoms with Crippen LogP contribution in [0.5, 0.6) is 0 Å². The second-order valence-electron chi connectivity index (χ2n) is 5.00. The van der Waals surface area contributed by atoms with Crippen LogP contribution in [0.4, 0.5) is 11.4 Å². The first-order chi connectivity index (χ1) is 10.1. The molecule has 1 amide bonds. The summed E-state index contributed by atoms with van der Waals surface area (Å²) in [6.45, 7) is 2.01. The van der Waals surface area contributed by atoms with Gasteiger partial charge >= 0.3 is 0 Å². The fraction of sp³-hybridized carbons (Fsp3) is 0.176. The number of hydrogen-bond acceptors (Lipinski definition) is 1. The van der Waals surface area contributed by atoms with E-state index in [1.807, 2.05) is 68.1 Å². The van der Waals surface area contributed by atoms with Gasteiger partial charge in [-0.2, -0.15) is 0 Å². The maximum Gasteiger partial charge on any atom is 0.255 e. The molecule has 0 aliphatic heterocycles. The molecule has 108 valence electrons. The quantitative estimate of drug-likeness (QED) is 0.516. The second kappa shape index (κ2) is 6.70. The number of carbonyl (C=O) groups excluding carboxylic acids is 1. The molecule has 0 bridgehead atoms. The molecule has 0 heterocycles. The topological polar surface area (TPSA) is 44.1 Å². The van der Waals surface area contributed by atoms with Crippen molar-refractivity contribution in [2.24, 2.45) is 0 Å². The monoisotopic (exact) mass is 282 g/mol. The lowest BCUT2D eigenvalue weighted by atomic mass is 10.2. The van der Waals surface area contributed by atoms with Crippen LogP contribution in [0.15, 0.2) is 54.6 Å².